The quantitative estimate of drug-likeness (QED) is 0.336. The van der Waals surface area contributed by atoms with Gasteiger partial charge in [0.1, 0.15) is 6.29 Å². The van der Waals surface area contributed by atoms with Crippen LogP contribution in [0.2, 0.25) is 10.0 Å². The molecule has 0 radical (unpaired) electrons. The summed E-state index contributed by atoms with van der Waals surface area (Å²) < 4.78 is 5.44. The number of hydrogen-bond donors (Lipinski definition) is 2. The first kappa shape index (κ1) is 23.0. The van der Waals surface area contributed by atoms with Gasteiger partial charge in [0.05, 0.1) is 40.8 Å². The highest BCUT2D eigenvalue weighted by molar-refractivity contribution is 6.33. The lowest BCUT2D eigenvalue weighted by atomic mass is 10.1. The molecule has 1 saturated heterocycles. The highest BCUT2D eigenvalue weighted by atomic mass is 35.5. The van der Waals surface area contributed by atoms with Crippen molar-refractivity contribution < 1.29 is 9.53 Å². The second-order valence-electron chi connectivity index (χ2n) is 7.49. The van der Waals surface area contributed by atoms with Crippen LogP contribution in [0.5, 0.6) is 0 Å². The lowest BCUT2D eigenvalue weighted by Gasteiger charge is -2.29. The molecule has 1 aliphatic heterocycles. The third-order valence-corrected chi connectivity index (χ3v) is 5.72. The minimum absolute atomic E-state index is 0.360. The predicted octanol–water partition coefficient (Wildman–Crippen LogP) is 5.20. The maximum Gasteiger partial charge on any atom is 0.227 e. The van der Waals surface area contributed by atoms with E-state index in [1.54, 1.807) is 6.20 Å². The number of benzene rings is 2. The molecule has 0 amide bonds. The van der Waals surface area contributed by atoms with Crippen LogP contribution < -0.4 is 15.5 Å². The Morgan fingerprint density at radius 2 is 1.94 bits per heavy atom. The molecule has 0 bridgehead atoms. The third-order valence-electron chi connectivity index (χ3n) is 5.12. The van der Waals surface area contributed by atoms with Crippen molar-refractivity contribution in [2.45, 2.75) is 0 Å². The minimum Gasteiger partial charge on any atom is -0.381 e. The SMILES string of the molecule is C=C(C=O)CNc1cccc(-c2nc(Nc3ccc(Cl)c(N4CCOCC4)c3)ncc2Cl)c1. The molecule has 4 rings (SSSR count). The average molecular weight is 484 g/mol. The number of carbonyl (C=O) groups excluding carboxylic acids is 1. The fraction of sp³-hybridized carbons (Fsp3) is 0.208. The molecule has 3 aromatic rings. The van der Waals surface area contributed by atoms with Gasteiger partial charge in [-0.25, -0.2) is 9.97 Å². The number of morpholine rings is 1. The molecule has 0 atom stereocenters. The summed E-state index contributed by atoms with van der Waals surface area (Å²) in [6, 6.07) is 13.3. The molecule has 2 aromatic carbocycles. The van der Waals surface area contributed by atoms with E-state index < -0.39 is 0 Å². The molecule has 2 N–H and O–H groups in total. The second-order valence-corrected chi connectivity index (χ2v) is 8.31. The van der Waals surface area contributed by atoms with Crippen LogP contribution in [0, 0.1) is 0 Å². The first-order valence-electron chi connectivity index (χ1n) is 10.4. The van der Waals surface area contributed by atoms with E-state index in [2.05, 4.69) is 32.1 Å². The normalized spacial score (nSPS) is 13.5. The standard InChI is InChI=1S/C24H23Cl2N5O2/c1-16(15-32)13-27-18-4-2-3-17(11-18)23-21(26)14-28-24(30-23)29-19-5-6-20(25)22(12-19)31-7-9-33-10-8-31/h2-6,11-12,14-15,27H,1,7-10,13H2,(H,28,29,30). The van der Waals surface area contributed by atoms with Crippen LogP contribution in [0.15, 0.2) is 60.8 Å². The van der Waals surface area contributed by atoms with Crippen LogP contribution in [0.1, 0.15) is 0 Å². The highest BCUT2D eigenvalue weighted by Gasteiger charge is 2.15. The van der Waals surface area contributed by atoms with Gasteiger partial charge in [0, 0.05) is 42.1 Å². The number of nitrogens with one attached hydrogen (secondary N) is 2. The summed E-state index contributed by atoms with van der Waals surface area (Å²) >= 11 is 12.9. The third kappa shape index (κ3) is 5.82. The van der Waals surface area contributed by atoms with Crippen LogP contribution in [0.25, 0.3) is 11.3 Å². The Labute approximate surface area is 202 Å². The van der Waals surface area contributed by atoms with Gasteiger partial charge in [0.2, 0.25) is 5.95 Å². The lowest BCUT2D eigenvalue weighted by Crippen LogP contribution is -2.36. The summed E-state index contributed by atoms with van der Waals surface area (Å²) in [4.78, 5) is 21.9. The van der Waals surface area contributed by atoms with E-state index >= 15 is 0 Å². The Kier molecular flexibility index (Phi) is 7.44. The van der Waals surface area contributed by atoms with Gasteiger partial charge in [-0.15, -0.1) is 0 Å². The van der Waals surface area contributed by atoms with E-state index in [-0.39, 0.29) is 0 Å². The molecule has 2 heterocycles. The van der Waals surface area contributed by atoms with Crippen molar-refractivity contribution in [2.24, 2.45) is 0 Å². The molecule has 170 valence electrons. The predicted molar refractivity (Wildman–Crippen MR) is 134 cm³/mol. The van der Waals surface area contributed by atoms with E-state index in [4.69, 9.17) is 27.9 Å². The molecule has 1 aliphatic rings. The Balaban J connectivity index is 1.56. The molecule has 0 saturated carbocycles. The van der Waals surface area contributed by atoms with E-state index in [0.717, 1.165) is 42.0 Å². The van der Waals surface area contributed by atoms with Crippen molar-refractivity contribution >= 4 is 52.5 Å². The number of halogens is 2. The van der Waals surface area contributed by atoms with Gasteiger partial charge in [0.25, 0.3) is 0 Å². The summed E-state index contributed by atoms with van der Waals surface area (Å²) in [5.41, 5.74) is 4.46. The van der Waals surface area contributed by atoms with Crippen LogP contribution in [0.3, 0.4) is 0 Å². The fourth-order valence-corrected chi connectivity index (χ4v) is 3.87. The summed E-state index contributed by atoms with van der Waals surface area (Å²) in [6.45, 7) is 6.96. The van der Waals surface area contributed by atoms with Crippen molar-refractivity contribution in [3.63, 3.8) is 0 Å². The van der Waals surface area contributed by atoms with Gasteiger partial charge < -0.3 is 20.3 Å². The first-order chi connectivity index (χ1) is 16.0. The van der Waals surface area contributed by atoms with Crippen LogP contribution in [0.4, 0.5) is 23.0 Å². The average Bonchev–Trinajstić information content (AvgIpc) is 2.85. The number of aldehydes is 1. The Morgan fingerprint density at radius 3 is 2.73 bits per heavy atom. The molecule has 0 aliphatic carbocycles. The van der Waals surface area contributed by atoms with Gasteiger partial charge >= 0.3 is 0 Å². The maximum atomic E-state index is 10.8. The van der Waals surface area contributed by atoms with Crippen molar-refractivity contribution in [3.05, 3.63) is 70.9 Å². The number of anilines is 4. The zero-order valence-corrected chi connectivity index (χ0v) is 19.4. The number of nitrogens with zero attached hydrogens (tertiary/aromatic N) is 3. The Hall–Kier alpha value is -3.13. The fourth-order valence-electron chi connectivity index (χ4n) is 3.43. The summed E-state index contributed by atoms with van der Waals surface area (Å²) in [5.74, 6) is 0.414. The van der Waals surface area contributed by atoms with E-state index in [9.17, 15) is 4.79 Å². The van der Waals surface area contributed by atoms with Gasteiger partial charge in [-0.05, 0) is 30.3 Å². The van der Waals surface area contributed by atoms with Crippen molar-refractivity contribution in [1.29, 1.82) is 0 Å². The largest absolute Gasteiger partial charge is 0.381 e. The lowest BCUT2D eigenvalue weighted by molar-refractivity contribution is -0.104. The van der Waals surface area contributed by atoms with Crippen LogP contribution in [-0.2, 0) is 9.53 Å². The molecule has 7 nitrogen and oxygen atoms in total. The molecule has 9 heteroatoms. The van der Waals surface area contributed by atoms with Gasteiger partial charge in [-0.1, -0.05) is 41.9 Å². The monoisotopic (exact) mass is 483 g/mol. The molecular weight excluding hydrogens is 461 g/mol. The van der Waals surface area contributed by atoms with E-state index in [1.165, 1.54) is 0 Å². The maximum absolute atomic E-state index is 10.8. The second kappa shape index (κ2) is 10.7. The minimum atomic E-state index is 0.360. The Bertz CT molecular complexity index is 1170. The summed E-state index contributed by atoms with van der Waals surface area (Å²) in [5, 5.41) is 7.52. The van der Waals surface area contributed by atoms with Crippen molar-refractivity contribution in [1.82, 2.24) is 9.97 Å². The smallest absolute Gasteiger partial charge is 0.227 e. The molecule has 1 fully saturated rings. The van der Waals surface area contributed by atoms with Gasteiger partial charge in [-0.2, -0.15) is 0 Å². The highest BCUT2D eigenvalue weighted by Crippen LogP contribution is 2.32. The molecule has 33 heavy (non-hydrogen) atoms. The van der Waals surface area contributed by atoms with Gasteiger partial charge in [-0.3, -0.25) is 4.79 Å². The number of carbonyl (C=O) groups is 1. The van der Waals surface area contributed by atoms with Crippen LogP contribution in [-0.4, -0.2) is 49.1 Å². The molecule has 0 unspecified atom stereocenters. The van der Waals surface area contributed by atoms with E-state index in [1.807, 2.05) is 42.5 Å². The molecular formula is C24H23Cl2N5O2. The number of aromatic nitrogens is 2. The zero-order valence-electron chi connectivity index (χ0n) is 17.9. The number of ether oxygens (including phenoxy) is 1. The topological polar surface area (TPSA) is 79.4 Å². The number of rotatable bonds is 8. The Morgan fingerprint density at radius 1 is 1.12 bits per heavy atom. The van der Waals surface area contributed by atoms with Crippen molar-refractivity contribution in [3.8, 4) is 11.3 Å². The summed E-state index contributed by atoms with van der Waals surface area (Å²) in [7, 11) is 0. The molecule has 1 aromatic heterocycles. The van der Waals surface area contributed by atoms with Crippen LogP contribution >= 0.6 is 23.2 Å². The summed E-state index contributed by atoms with van der Waals surface area (Å²) in [6.07, 6.45) is 2.30. The van der Waals surface area contributed by atoms with Crippen molar-refractivity contribution in [2.75, 3.05) is 48.4 Å². The first-order valence-corrected chi connectivity index (χ1v) is 11.2. The van der Waals surface area contributed by atoms with E-state index in [0.29, 0.717) is 47.0 Å². The van der Waals surface area contributed by atoms with Gasteiger partial charge in [0.15, 0.2) is 0 Å². The zero-order chi connectivity index (χ0) is 23.2. The molecule has 0 spiro atoms. The number of hydrogen-bond acceptors (Lipinski definition) is 7.